The fourth-order valence-corrected chi connectivity index (χ4v) is 4.66. The summed E-state index contributed by atoms with van der Waals surface area (Å²) in [5, 5.41) is 11.7. The first-order chi connectivity index (χ1) is 11.6. The van der Waals surface area contributed by atoms with Gasteiger partial charge in [-0.25, -0.2) is 12.7 Å². The van der Waals surface area contributed by atoms with Crippen molar-refractivity contribution < 1.29 is 27.9 Å². The second kappa shape index (κ2) is 5.55. The molecule has 1 aromatic carbocycles. The summed E-state index contributed by atoms with van der Waals surface area (Å²) in [4.78, 5) is 35.4. The Morgan fingerprint density at radius 2 is 1.96 bits per heavy atom. The maximum atomic E-state index is 12.5. The van der Waals surface area contributed by atoms with E-state index in [2.05, 4.69) is 5.32 Å². The second-order valence-electron chi connectivity index (χ2n) is 6.68. The molecule has 2 aliphatic rings. The number of hydrogen-bond donors (Lipinski definition) is 2. The quantitative estimate of drug-likeness (QED) is 0.796. The average molecular weight is 366 g/mol. The number of carboxylic acids is 1. The van der Waals surface area contributed by atoms with Crippen LogP contribution in [-0.4, -0.2) is 48.2 Å². The normalized spacial score (nSPS) is 19.6. The van der Waals surface area contributed by atoms with E-state index in [0.29, 0.717) is 12.8 Å². The summed E-state index contributed by atoms with van der Waals surface area (Å²) >= 11 is 0. The van der Waals surface area contributed by atoms with Crippen molar-refractivity contribution in [2.75, 3.05) is 6.54 Å². The van der Waals surface area contributed by atoms with Crippen molar-refractivity contribution in [3.05, 3.63) is 29.3 Å². The van der Waals surface area contributed by atoms with Gasteiger partial charge >= 0.3 is 5.97 Å². The molecule has 1 aliphatic heterocycles. The number of carboxylic acid groups (broad SMARTS) is 1. The van der Waals surface area contributed by atoms with Crippen LogP contribution in [0.4, 0.5) is 0 Å². The number of aliphatic carboxylic acids is 1. The maximum absolute atomic E-state index is 12.5. The van der Waals surface area contributed by atoms with Crippen LogP contribution in [0.1, 0.15) is 47.4 Å². The van der Waals surface area contributed by atoms with Gasteiger partial charge in [0.15, 0.2) is 0 Å². The van der Waals surface area contributed by atoms with Crippen LogP contribution in [0, 0.1) is 5.41 Å². The number of sulfonamides is 1. The molecule has 0 bridgehead atoms. The number of carbonyl (C=O) groups is 3. The summed E-state index contributed by atoms with van der Waals surface area (Å²) in [6, 6.07) is 3.32. The molecule has 1 heterocycles. The molecule has 134 valence electrons. The van der Waals surface area contributed by atoms with Gasteiger partial charge in [0.25, 0.3) is 21.8 Å². The fraction of sp³-hybridized carbons (Fsp3) is 0.438. The molecular formula is C16H18N2O6S. The van der Waals surface area contributed by atoms with Crippen molar-refractivity contribution >= 4 is 27.8 Å². The van der Waals surface area contributed by atoms with Gasteiger partial charge in [-0.2, -0.15) is 0 Å². The highest BCUT2D eigenvalue weighted by molar-refractivity contribution is 7.90. The summed E-state index contributed by atoms with van der Waals surface area (Å²) in [5.41, 5.74) is -0.806. The van der Waals surface area contributed by atoms with Crippen LogP contribution < -0.4 is 5.32 Å². The molecule has 25 heavy (non-hydrogen) atoms. The van der Waals surface area contributed by atoms with E-state index in [4.69, 9.17) is 5.11 Å². The number of hydrogen-bond acceptors (Lipinski definition) is 5. The Bertz CT molecular complexity index is 886. The van der Waals surface area contributed by atoms with Gasteiger partial charge in [0.05, 0.1) is 11.0 Å². The SMILES string of the molecule is CC(C)N1C(=O)c2ccc(C(=O)NCC3(C(=O)O)CC3)cc2S1(=O)=O. The van der Waals surface area contributed by atoms with Crippen molar-refractivity contribution in [3.8, 4) is 0 Å². The van der Waals surface area contributed by atoms with Gasteiger partial charge in [-0.05, 0) is 44.9 Å². The van der Waals surface area contributed by atoms with Gasteiger partial charge in [0.1, 0.15) is 4.90 Å². The number of benzene rings is 1. The van der Waals surface area contributed by atoms with Crippen molar-refractivity contribution in [2.45, 2.75) is 37.6 Å². The van der Waals surface area contributed by atoms with Crippen LogP contribution >= 0.6 is 0 Å². The molecule has 1 aliphatic carbocycles. The van der Waals surface area contributed by atoms with Crippen LogP contribution in [0.15, 0.2) is 23.1 Å². The summed E-state index contributed by atoms with van der Waals surface area (Å²) in [7, 11) is -3.99. The van der Waals surface area contributed by atoms with Crippen LogP contribution in [0.5, 0.6) is 0 Å². The van der Waals surface area contributed by atoms with E-state index in [1.54, 1.807) is 13.8 Å². The molecular weight excluding hydrogens is 348 g/mol. The van der Waals surface area contributed by atoms with Crippen LogP contribution in [0.3, 0.4) is 0 Å². The largest absolute Gasteiger partial charge is 0.481 e. The van der Waals surface area contributed by atoms with Gasteiger partial charge in [0.2, 0.25) is 0 Å². The van der Waals surface area contributed by atoms with Gasteiger partial charge in [-0.1, -0.05) is 0 Å². The zero-order valence-electron chi connectivity index (χ0n) is 13.8. The lowest BCUT2D eigenvalue weighted by atomic mass is 10.1. The minimum Gasteiger partial charge on any atom is -0.481 e. The lowest BCUT2D eigenvalue weighted by molar-refractivity contribution is -0.143. The smallest absolute Gasteiger partial charge is 0.311 e. The molecule has 0 saturated heterocycles. The molecule has 1 saturated carbocycles. The lowest BCUT2D eigenvalue weighted by Gasteiger charge is -2.18. The van der Waals surface area contributed by atoms with E-state index in [-0.39, 0.29) is 22.6 Å². The molecule has 0 aromatic heterocycles. The average Bonchev–Trinajstić information content (AvgIpc) is 3.29. The Kier molecular flexibility index (Phi) is 3.86. The Balaban J connectivity index is 1.85. The van der Waals surface area contributed by atoms with Crippen LogP contribution in [0.2, 0.25) is 0 Å². The second-order valence-corrected chi connectivity index (χ2v) is 8.46. The Labute approximate surface area is 144 Å². The van der Waals surface area contributed by atoms with Crippen molar-refractivity contribution in [1.82, 2.24) is 9.62 Å². The molecule has 8 nitrogen and oxygen atoms in total. The van der Waals surface area contributed by atoms with Crippen molar-refractivity contribution in [2.24, 2.45) is 5.41 Å². The minimum absolute atomic E-state index is 0.0119. The standard InChI is InChI=1S/C16H18N2O6S/c1-9(2)18-14(20)11-4-3-10(7-12(11)25(18,23)24)13(19)17-8-16(5-6-16)15(21)22/h3-4,7,9H,5-6,8H2,1-2H3,(H,17,19)(H,21,22). The van der Waals surface area contributed by atoms with Crippen LogP contribution in [0.25, 0.3) is 0 Å². The molecule has 1 aromatic rings. The topological polar surface area (TPSA) is 121 Å². The van der Waals surface area contributed by atoms with Crippen molar-refractivity contribution in [1.29, 1.82) is 0 Å². The number of amides is 2. The summed E-state index contributed by atoms with van der Waals surface area (Å²) in [6.07, 6.45) is 0.998. The molecule has 2 N–H and O–H groups in total. The molecule has 9 heteroatoms. The number of carbonyl (C=O) groups excluding carboxylic acids is 2. The van der Waals surface area contributed by atoms with Gasteiger partial charge in [0, 0.05) is 18.2 Å². The first kappa shape index (κ1) is 17.4. The van der Waals surface area contributed by atoms with E-state index in [1.807, 2.05) is 0 Å². The molecule has 0 spiro atoms. The highest BCUT2D eigenvalue weighted by Gasteiger charge is 2.50. The fourth-order valence-electron chi connectivity index (χ4n) is 2.87. The summed E-state index contributed by atoms with van der Waals surface area (Å²) in [5.74, 6) is -2.14. The van der Waals surface area contributed by atoms with Crippen molar-refractivity contribution in [3.63, 3.8) is 0 Å². The predicted octanol–water partition coefficient (Wildman–Crippen LogP) is 0.834. The monoisotopic (exact) mass is 366 g/mol. The number of rotatable bonds is 5. The third-order valence-corrected chi connectivity index (χ3v) is 6.57. The number of nitrogens with one attached hydrogen (secondary N) is 1. The zero-order chi connectivity index (χ0) is 18.6. The Hall–Kier alpha value is -2.42. The predicted molar refractivity (Wildman–Crippen MR) is 86.6 cm³/mol. The third-order valence-electron chi connectivity index (χ3n) is 4.57. The molecule has 0 atom stereocenters. The van der Waals surface area contributed by atoms with E-state index < -0.39 is 39.3 Å². The first-order valence-electron chi connectivity index (χ1n) is 7.84. The van der Waals surface area contributed by atoms with Gasteiger partial charge < -0.3 is 10.4 Å². The van der Waals surface area contributed by atoms with E-state index in [9.17, 15) is 22.8 Å². The Morgan fingerprint density at radius 3 is 2.48 bits per heavy atom. The highest BCUT2D eigenvalue weighted by Crippen LogP contribution is 2.45. The first-order valence-corrected chi connectivity index (χ1v) is 9.28. The summed E-state index contributed by atoms with van der Waals surface area (Å²) < 4.78 is 25.8. The van der Waals surface area contributed by atoms with Crippen LogP contribution in [-0.2, 0) is 14.8 Å². The number of nitrogens with zero attached hydrogens (tertiary/aromatic N) is 1. The third kappa shape index (κ3) is 2.68. The maximum Gasteiger partial charge on any atom is 0.311 e. The lowest BCUT2D eigenvalue weighted by Crippen LogP contribution is -2.36. The van der Waals surface area contributed by atoms with Gasteiger partial charge in [-0.3, -0.25) is 14.4 Å². The molecule has 1 fully saturated rings. The molecule has 0 radical (unpaired) electrons. The molecule has 2 amide bonds. The van der Waals surface area contributed by atoms with Gasteiger partial charge in [-0.15, -0.1) is 0 Å². The van der Waals surface area contributed by atoms with E-state index in [0.717, 1.165) is 4.31 Å². The molecule has 0 unspecified atom stereocenters. The molecule has 3 rings (SSSR count). The Morgan fingerprint density at radius 1 is 1.32 bits per heavy atom. The number of fused-ring (bicyclic) bond motifs is 1. The summed E-state index contributed by atoms with van der Waals surface area (Å²) in [6.45, 7) is 3.17. The minimum atomic E-state index is -3.99. The van der Waals surface area contributed by atoms with E-state index >= 15 is 0 Å². The van der Waals surface area contributed by atoms with E-state index in [1.165, 1.54) is 18.2 Å². The zero-order valence-corrected chi connectivity index (χ0v) is 14.6. The highest BCUT2D eigenvalue weighted by atomic mass is 32.2.